The number of aliphatic imine (C=N–C) groups is 2. The van der Waals surface area contributed by atoms with Gasteiger partial charge in [0.25, 0.3) is 0 Å². The summed E-state index contributed by atoms with van der Waals surface area (Å²) in [5.41, 5.74) is 8.50. The molecule has 0 saturated carbocycles. The van der Waals surface area contributed by atoms with Gasteiger partial charge in [0.05, 0.1) is 12.3 Å². The van der Waals surface area contributed by atoms with Crippen molar-refractivity contribution >= 4 is 23.5 Å². The van der Waals surface area contributed by atoms with Crippen LogP contribution in [-0.4, -0.2) is 23.6 Å². The molecule has 0 saturated heterocycles. The van der Waals surface area contributed by atoms with Crippen molar-refractivity contribution in [2.45, 2.75) is 33.6 Å². The number of aromatic hydroxyl groups is 1. The van der Waals surface area contributed by atoms with Gasteiger partial charge in [-0.15, -0.1) is 0 Å². The van der Waals surface area contributed by atoms with Crippen molar-refractivity contribution < 1.29 is 5.11 Å². The Kier molecular flexibility index (Phi) is 8.13. The molecule has 23 heavy (non-hydrogen) atoms. The molecule has 124 valence electrons. The molecular weight excluding hydrogens is 310 g/mol. The first-order valence-corrected chi connectivity index (χ1v) is 7.97. The van der Waals surface area contributed by atoms with Gasteiger partial charge in [-0.05, 0) is 50.1 Å². The number of rotatable bonds is 7. The Morgan fingerprint density at radius 3 is 2.70 bits per heavy atom. The molecule has 0 atom stereocenters. The molecule has 0 amide bonds. The summed E-state index contributed by atoms with van der Waals surface area (Å²) >= 11 is 5.90. The minimum atomic E-state index is 0.0926. The van der Waals surface area contributed by atoms with Crippen LogP contribution in [0.25, 0.3) is 0 Å². The van der Waals surface area contributed by atoms with Crippen LogP contribution in [0.2, 0.25) is 5.02 Å². The average molecular weight is 334 g/mol. The Morgan fingerprint density at radius 1 is 1.35 bits per heavy atom. The SMILES string of the molecule is CCCC=N/C=C(\C)C(=NC/C=C(\C)N)c1ccc(Cl)cc1O. The summed E-state index contributed by atoms with van der Waals surface area (Å²) in [6.07, 6.45) is 7.42. The molecule has 0 unspecified atom stereocenters. The molecule has 0 radical (unpaired) electrons. The molecule has 0 heterocycles. The number of benzene rings is 1. The van der Waals surface area contributed by atoms with Crippen LogP contribution in [0.3, 0.4) is 0 Å². The number of phenols is 1. The van der Waals surface area contributed by atoms with E-state index >= 15 is 0 Å². The predicted octanol–water partition coefficient (Wildman–Crippen LogP) is 4.47. The lowest BCUT2D eigenvalue weighted by atomic mass is 10.0. The van der Waals surface area contributed by atoms with E-state index in [0.717, 1.165) is 18.4 Å². The number of hydrogen-bond donors (Lipinski definition) is 2. The maximum atomic E-state index is 10.2. The third-order valence-corrected chi connectivity index (χ3v) is 3.28. The van der Waals surface area contributed by atoms with Crippen LogP contribution in [-0.2, 0) is 0 Å². The van der Waals surface area contributed by atoms with E-state index < -0.39 is 0 Å². The van der Waals surface area contributed by atoms with E-state index in [4.69, 9.17) is 17.3 Å². The van der Waals surface area contributed by atoms with Gasteiger partial charge < -0.3 is 10.8 Å². The second-order valence-corrected chi connectivity index (χ2v) is 5.67. The standard InChI is InChI=1S/C18H24ClN3O/c1-4-5-9-21-12-13(2)18(22-10-8-14(3)20)16-7-6-15(19)11-17(16)23/h6-9,11-12,23H,4-5,10,20H2,1-3H3/b13-12+,14-8+,21-9?,22-18?. The summed E-state index contributed by atoms with van der Waals surface area (Å²) in [5, 5.41) is 10.6. The Balaban J connectivity index is 3.18. The zero-order valence-corrected chi connectivity index (χ0v) is 14.6. The van der Waals surface area contributed by atoms with Crippen molar-refractivity contribution in [3.63, 3.8) is 0 Å². The number of hydrogen-bond acceptors (Lipinski definition) is 4. The molecule has 0 spiro atoms. The molecule has 1 aromatic carbocycles. The monoisotopic (exact) mass is 333 g/mol. The van der Waals surface area contributed by atoms with Crippen molar-refractivity contribution in [3.05, 3.63) is 52.3 Å². The van der Waals surface area contributed by atoms with E-state index in [1.807, 2.05) is 26.1 Å². The van der Waals surface area contributed by atoms with Gasteiger partial charge >= 0.3 is 0 Å². The molecule has 0 aliphatic carbocycles. The smallest absolute Gasteiger partial charge is 0.126 e. The maximum Gasteiger partial charge on any atom is 0.126 e. The van der Waals surface area contributed by atoms with E-state index in [2.05, 4.69) is 16.9 Å². The van der Waals surface area contributed by atoms with Crippen LogP contribution in [0.1, 0.15) is 39.2 Å². The molecule has 3 N–H and O–H groups in total. The van der Waals surface area contributed by atoms with E-state index in [1.165, 1.54) is 6.07 Å². The molecule has 0 bridgehead atoms. The van der Waals surface area contributed by atoms with Crippen molar-refractivity contribution in [1.82, 2.24) is 0 Å². The third kappa shape index (κ3) is 6.70. The molecule has 0 fully saturated rings. The Hall–Kier alpha value is -2.07. The normalized spacial score (nSPS) is 13.8. The highest BCUT2D eigenvalue weighted by Gasteiger charge is 2.11. The van der Waals surface area contributed by atoms with Crippen molar-refractivity contribution in [1.29, 1.82) is 0 Å². The van der Waals surface area contributed by atoms with E-state index in [-0.39, 0.29) is 5.75 Å². The summed E-state index contributed by atoms with van der Waals surface area (Å²) < 4.78 is 0. The molecule has 5 heteroatoms. The topological polar surface area (TPSA) is 71.0 Å². The average Bonchev–Trinajstić information content (AvgIpc) is 2.48. The summed E-state index contributed by atoms with van der Waals surface area (Å²) in [5.74, 6) is 0.0926. The molecule has 0 aromatic heterocycles. The quantitative estimate of drug-likeness (QED) is 0.722. The van der Waals surface area contributed by atoms with Crippen LogP contribution in [0.4, 0.5) is 0 Å². The lowest BCUT2D eigenvalue weighted by Gasteiger charge is -2.09. The van der Waals surface area contributed by atoms with Crippen LogP contribution < -0.4 is 5.73 Å². The highest BCUT2D eigenvalue weighted by molar-refractivity contribution is 6.31. The molecule has 0 aliphatic heterocycles. The zero-order chi connectivity index (χ0) is 17.2. The highest BCUT2D eigenvalue weighted by atomic mass is 35.5. The van der Waals surface area contributed by atoms with Crippen LogP contribution in [0, 0.1) is 0 Å². The van der Waals surface area contributed by atoms with Crippen LogP contribution >= 0.6 is 11.6 Å². The minimum Gasteiger partial charge on any atom is -0.507 e. The number of allylic oxidation sites excluding steroid dienone is 2. The zero-order valence-electron chi connectivity index (χ0n) is 13.9. The summed E-state index contributed by atoms with van der Waals surface area (Å²) in [4.78, 5) is 8.82. The van der Waals surface area contributed by atoms with E-state index in [1.54, 1.807) is 18.3 Å². The van der Waals surface area contributed by atoms with Crippen LogP contribution in [0.5, 0.6) is 5.75 Å². The number of nitrogens with two attached hydrogens (primary N) is 1. The van der Waals surface area contributed by atoms with Gasteiger partial charge in [-0.2, -0.15) is 0 Å². The predicted molar refractivity (Wildman–Crippen MR) is 99.6 cm³/mol. The van der Waals surface area contributed by atoms with E-state index in [9.17, 15) is 5.11 Å². The van der Waals surface area contributed by atoms with Gasteiger partial charge in [-0.25, -0.2) is 0 Å². The highest BCUT2D eigenvalue weighted by Crippen LogP contribution is 2.25. The lowest BCUT2D eigenvalue weighted by molar-refractivity contribution is 0.474. The van der Waals surface area contributed by atoms with Crippen molar-refractivity contribution in [2.75, 3.05) is 6.54 Å². The lowest BCUT2D eigenvalue weighted by Crippen LogP contribution is -2.05. The Bertz CT molecular complexity index is 642. The summed E-state index contributed by atoms with van der Waals surface area (Å²) in [6, 6.07) is 4.98. The summed E-state index contributed by atoms with van der Waals surface area (Å²) in [7, 11) is 0. The molecular formula is C18H24ClN3O. The van der Waals surface area contributed by atoms with Crippen molar-refractivity contribution in [2.24, 2.45) is 15.7 Å². The largest absolute Gasteiger partial charge is 0.507 e. The van der Waals surface area contributed by atoms with Crippen LogP contribution in [0.15, 0.2) is 51.7 Å². The van der Waals surface area contributed by atoms with Crippen molar-refractivity contribution in [3.8, 4) is 5.75 Å². The maximum absolute atomic E-state index is 10.2. The molecule has 0 aliphatic rings. The Labute approximate surface area is 143 Å². The molecule has 1 aromatic rings. The fourth-order valence-corrected chi connectivity index (χ4v) is 2.00. The first-order valence-electron chi connectivity index (χ1n) is 7.60. The van der Waals surface area contributed by atoms with E-state index in [0.29, 0.717) is 28.5 Å². The second-order valence-electron chi connectivity index (χ2n) is 5.23. The van der Waals surface area contributed by atoms with Gasteiger partial charge in [0.15, 0.2) is 0 Å². The number of phenolic OH excluding ortho intramolecular Hbond substituents is 1. The molecule has 1 rings (SSSR count). The van der Waals surface area contributed by atoms with Gasteiger partial charge in [0.1, 0.15) is 5.75 Å². The minimum absolute atomic E-state index is 0.0926. The third-order valence-electron chi connectivity index (χ3n) is 3.04. The number of nitrogens with zero attached hydrogens (tertiary/aromatic N) is 2. The van der Waals surface area contributed by atoms with Gasteiger partial charge in [0, 0.05) is 28.7 Å². The Morgan fingerprint density at radius 2 is 2.09 bits per heavy atom. The first kappa shape index (κ1) is 19.0. The number of halogens is 1. The van der Waals surface area contributed by atoms with Gasteiger partial charge in [-0.3, -0.25) is 9.98 Å². The number of unbranched alkanes of at least 4 members (excludes halogenated alkanes) is 1. The fraction of sp³-hybridized carbons (Fsp3) is 0.333. The van der Waals surface area contributed by atoms with Gasteiger partial charge in [0.2, 0.25) is 0 Å². The second kappa shape index (κ2) is 9.85. The van der Waals surface area contributed by atoms with Gasteiger partial charge in [-0.1, -0.05) is 24.9 Å². The summed E-state index contributed by atoms with van der Waals surface area (Å²) in [6.45, 7) is 6.26. The molecule has 4 nitrogen and oxygen atoms in total. The fourth-order valence-electron chi connectivity index (χ4n) is 1.84. The first-order chi connectivity index (χ1) is 11.0.